The van der Waals surface area contributed by atoms with Crippen molar-refractivity contribution in [3.8, 4) is 5.75 Å². The van der Waals surface area contributed by atoms with Crippen LogP contribution in [0.4, 0.5) is 0 Å². The monoisotopic (exact) mass is 278 g/mol. The van der Waals surface area contributed by atoms with E-state index in [2.05, 4.69) is 24.5 Å². The van der Waals surface area contributed by atoms with Crippen molar-refractivity contribution >= 4 is 5.91 Å². The highest BCUT2D eigenvalue weighted by Crippen LogP contribution is 2.24. The summed E-state index contributed by atoms with van der Waals surface area (Å²) in [5, 5.41) is 16.0. The Kier molecular flexibility index (Phi) is 6.52. The van der Waals surface area contributed by atoms with E-state index in [0.717, 1.165) is 11.1 Å². The number of benzene rings is 1. The minimum absolute atomic E-state index is 0.0211. The Morgan fingerprint density at radius 3 is 2.65 bits per heavy atom. The standard InChI is InChI=1S/C16H26N2O2/c1-11(2)10-18-16(20)7-8-17-13(4)14-9-12(3)5-6-15(14)19/h5-6,9,11,13,17,19H,7-8,10H2,1-4H3,(H,18,20). The minimum Gasteiger partial charge on any atom is -0.508 e. The summed E-state index contributed by atoms with van der Waals surface area (Å²) in [6.07, 6.45) is 0.448. The van der Waals surface area contributed by atoms with E-state index in [-0.39, 0.29) is 11.9 Å². The van der Waals surface area contributed by atoms with Crippen LogP contribution in [0.15, 0.2) is 18.2 Å². The summed E-state index contributed by atoms with van der Waals surface area (Å²) < 4.78 is 0. The zero-order valence-corrected chi connectivity index (χ0v) is 12.9. The number of phenolic OH excluding ortho intramolecular Hbond substituents is 1. The van der Waals surface area contributed by atoms with Crippen molar-refractivity contribution in [2.45, 2.75) is 40.2 Å². The molecule has 1 amide bonds. The number of carbonyl (C=O) groups is 1. The molecule has 4 nitrogen and oxygen atoms in total. The highest BCUT2D eigenvalue weighted by atomic mass is 16.3. The normalized spacial score (nSPS) is 12.4. The third-order valence-electron chi connectivity index (χ3n) is 3.16. The second-order valence-corrected chi connectivity index (χ2v) is 5.69. The van der Waals surface area contributed by atoms with E-state index in [1.807, 2.05) is 26.0 Å². The van der Waals surface area contributed by atoms with E-state index in [4.69, 9.17) is 0 Å². The van der Waals surface area contributed by atoms with Gasteiger partial charge in [-0.05, 0) is 25.8 Å². The van der Waals surface area contributed by atoms with E-state index in [9.17, 15) is 9.90 Å². The Labute approximate surface area is 121 Å². The summed E-state index contributed by atoms with van der Waals surface area (Å²) in [5.74, 6) is 0.821. The Balaban J connectivity index is 2.38. The van der Waals surface area contributed by atoms with E-state index in [0.29, 0.717) is 31.2 Å². The molecule has 0 bridgehead atoms. The molecule has 1 aromatic rings. The van der Waals surface area contributed by atoms with Crippen LogP contribution in [0.5, 0.6) is 5.75 Å². The molecule has 0 saturated carbocycles. The van der Waals surface area contributed by atoms with Gasteiger partial charge in [0.2, 0.25) is 5.91 Å². The zero-order chi connectivity index (χ0) is 15.1. The fourth-order valence-electron chi connectivity index (χ4n) is 1.94. The molecule has 0 aliphatic heterocycles. The van der Waals surface area contributed by atoms with Gasteiger partial charge in [-0.3, -0.25) is 4.79 Å². The van der Waals surface area contributed by atoms with Crippen LogP contribution in [0.3, 0.4) is 0 Å². The summed E-state index contributed by atoms with van der Waals surface area (Å²) >= 11 is 0. The summed E-state index contributed by atoms with van der Waals surface area (Å²) in [4.78, 5) is 11.6. The van der Waals surface area contributed by atoms with Crippen molar-refractivity contribution in [3.63, 3.8) is 0 Å². The molecule has 3 N–H and O–H groups in total. The zero-order valence-electron chi connectivity index (χ0n) is 12.9. The maximum absolute atomic E-state index is 11.6. The third kappa shape index (κ3) is 5.61. The lowest BCUT2D eigenvalue weighted by molar-refractivity contribution is -0.121. The lowest BCUT2D eigenvalue weighted by atomic mass is 10.0. The van der Waals surface area contributed by atoms with Crippen LogP contribution in [-0.4, -0.2) is 24.1 Å². The largest absolute Gasteiger partial charge is 0.508 e. The fraction of sp³-hybridized carbons (Fsp3) is 0.562. The van der Waals surface area contributed by atoms with Crippen LogP contribution in [0.25, 0.3) is 0 Å². The number of phenols is 1. The summed E-state index contributed by atoms with van der Waals surface area (Å²) in [6, 6.07) is 5.57. The highest BCUT2D eigenvalue weighted by molar-refractivity contribution is 5.76. The third-order valence-corrected chi connectivity index (χ3v) is 3.16. The molecule has 4 heteroatoms. The molecule has 20 heavy (non-hydrogen) atoms. The molecule has 0 spiro atoms. The maximum atomic E-state index is 11.6. The Bertz CT molecular complexity index is 444. The molecule has 0 heterocycles. The van der Waals surface area contributed by atoms with Gasteiger partial charge in [-0.15, -0.1) is 0 Å². The molecule has 1 rings (SSSR count). The van der Waals surface area contributed by atoms with Crippen LogP contribution < -0.4 is 10.6 Å². The van der Waals surface area contributed by atoms with Crippen molar-refractivity contribution in [1.29, 1.82) is 0 Å². The predicted octanol–water partition coefficient (Wildman–Crippen LogP) is 2.51. The highest BCUT2D eigenvalue weighted by Gasteiger charge is 2.10. The van der Waals surface area contributed by atoms with Gasteiger partial charge in [-0.2, -0.15) is 0 Å². The fourth-order valence-corrected chi connectivity index (χ4v) is 1.94. The van der Waals surface area contributed by atoms with Gasteiger partial charge < -0.3 is 15.7 Å². The van der Waals surface area contributed by atoms with Crippen molar-refractivity contribution in [2.75, 3.05) is 13.1 Å². The van der Waals surface area contributed by atoms with Crippen LogP contribution in [0.1, 0.15) is 44.4 Å². The number of carbonyl (C=O) groups excluding carboxylic acids is 1. The molecule has 1 atom stereocenters. The molecule has 0 saturated heterocycles. The van der Waals surface area contributed by atoms with Crippen molar-refractivity contribution < 1.29 is 9.90 Å². The van der Waals surface area contributed by atoms with Crippen LogP contribution in [0.2, 0.25) is 0 Å². The summed E-state index contributed by atoms with van der Waals surface area (Å²) in [7, 11) is 0. The lowest BCUT2D eigenvalue weighted by Gasteiger charge is -2.16. The first kappa shape index (κ1) is 16.5. The number of hydrogen-bond acceptors (Lipinski definition) is 3. The quantitative estimate of drug-likeness (QED) is 0.718. The average Bonchev–Trinajstić information content (AvgIpc) is 2.39. The second-order valence-electron chi connectivity index (χ2n) is 5.69. The summed E-state index contributed by atoms with van der Waals surface area (Å²) in [5.41, 5.74) is 1.98. The number of hydrogen-bond donors (Lipinski definition) is 3. The SMILES string of the molecule is Cc1ccc(O)c(C(C)NCCC(=O)NCC(C)C)c1. The molecule has 0 radical (unpaired) electrons. The second kappa shape index (κ2) is 7.90. The first-order valence-electron chi connectivity index (χ1n) is 7.19. The van der Waals surface area contributed by atoms with Gasteiger partial charge in [0.15, 0.2) is 0 Å². The molecule has 0 aliphatic carbocycles. The van der Waals surface area contributed by atoms with Crippen molar-refractivity contribution in [1.82, 2.24) is 10.6 Å². The molecule has 112 valence electrons. The number of aromatic hydroxyl groups is 1. The average molecular weight is 278 g/mol. The Morgan fingerprint density at radius 2 is 2.00 bits per heavy atom. The molecule has 0 aromatic heterocycles. The number of rotatable bonds is 7. The molecular formula is C16H26N2O2. The van der Waals surface area contributed by atoms with Gasteiger partial charge in [-0.25, -0.2) is 0 Å². The van der Waals surface area contributed by atoms with Gasteiger partial charge in [0.05, 0.1) is 0 Å². The van der Waals surface area contributed by atoms with Crippen LogP contribution in [-0.2, 0) is 4.79 Å². The minimum atomic E-state index is 0.0211. The molecule has 1 unspecified atom stereocenters. The Hall–Kier alpha value is -1.55. The van der Waals surface area contributed by atoms with E-state index in [1.54, 1.807) is 6.07 Å². The number of amides is 1. The first-order chi connectivity index (χ1) is 9.40. The number of nitrogens with one attached hydrogen (secondary N) is 2. The van der Waals surface area contributed by atoms with Crippen LogP contribution >= 0.6 is 0 Å². The van der Waals surface area contributed by atoms with E-state index in [1.165, 1.54) is 0 Å². The van der Waals surface area contributed by atoms with Crippen molar-refractivity contribution in [3.05, 3.63) is 29.3 Å². The van der Waals surface area contributed by atoms with Gasteiger partial charge in [0.25, 0.3) is 0 Å². The lowest BCUT2D eigenvalue weighted by Crippen LogP contribution is -2.31. The van der Waals surface area contributed by atoms with Gasteiger partial charge in [-0.1, -0.05) is 31.5 Å². The van der Waals surface area contributed by atoms with E-state index < -0.39 is 0 Å². The van der Waals surface area contributed by atoms with Crippen LogP contribution in [0, 0.1) is 12.8 Å². The van der Waals surface area contributed by atoms with E-state index >= 15 is 0 Å². The predicted molar refractivity (Wildman–Crippen MR) is 81.7 cm³/mol. The summed E-state index contributed by atoms with van der Waals surface area (Å²) in [6.45, 7) is 9.43. The maximum Gasteiger partial charge on any atom is 0.221 e. The van der Waals surface area contributed by atoms with Crippen molar-refractivity contribution in [2.24, 2.45) is 5.92 Å². The molecule has 1 aromatic carbocycles. The molecule has 0 aliphatic rings. The van der Waals surface area contributed by atoms with Gasteiger partial charge >= 0.3 is 0 Å². The molecular weight excluding hydrogens is 252 g/mol. The smallest absolute Gasteiger partial charge is 0.221 e. The first-order valence-corrected chi connectivity index (χ1v) is 7.19. The number of aryl methyl sites for hydroxylation is 1. The topological polar surface area (TPSA) is 61.4 Å². The Morgan fingerprint density at radius 1 is 1.30 bits per heavy atom. The van der Waals surface area contributed by atoms with Gasteiger partial charge in [0, 0.05) is 31.1 Å². The molecule has 0 fully saturated rings. The van der Waals surface area contributed by atoms with Gasteiger partial charge in [0.1, 0.15) is 5.75 Å².